The van der Waals surface area contributed by atoms with Gasteiger partial charge in [0.15, 0.2) is 0 Å². The first kappa shape index (κ1) is 14.4. The van der Waals surface area contributed by atoms with Crippen LogP contribution in [0.3, 0.4) is 0 Å². The van der Waals surface area contributed by atoms with Gasteiger partial charge >= 0.3 is 0 Å². The summed E-state index contributed by atoms with van der Waals surface area (Å²) >= 11 is 0. The van der Waals surface area contributed by atoms with Crippen molar-refractivity contribution in [2.24, 2.45) is 7.05 Å². The van der Waals surface area contributed by atoms with Crippen LogP contribution in [0.25, 0.3) is 22.3 Å². The zero-order valence-corrected chi connectivity index (χ0v) is 13.1. The van der Waals surface area contributed by atoms with Crippen molar-refractivity contribution < 1.29 is 5.11 Å². The second-order valence-electron chi connectivity index (χ2n) is 5.56. The van der Waals surface area contributed by atoms with Crippen molar-refractivity contribution in [3.8, 4) is 17.1 Å². The summed E-state index contributed by atoms with van der Waals surface area (Å²) < 4.78 is 2.07. The normalized spacial score (nSPS) is 11.2. The highest BCUT2D eigenvalue weighted by atomic mass is 16.3. The quantitative estimate of drug-likeness (QED) is 0.778. The van der Waals surface area contributed by atoms with Crippen molar-refractivity contribution in [3.63, 3.8) is 0 Å². The lowest BCUT2D eigenvalue weighted by Gasteiger charge is -2.11. The number of H-pyrrole nitrogens is 1. The van der Waals surface area contributed by atoms with Crippen molar-refractivity contribution >= 4 is 10.9 Å². The smallest absolute Gasteiger partial charge is 0.252 e. The van der Waals surface area contributed by atoms with E-state index in [2.05, 4.69) is 40.7 Å². The van der Waals surface area contributed by atoms with Crippen LogP contribution in [0, 0.1) is 0 Å². The van der Waals surface area contributed by atoms with E-state index in [9.17, 15) is 9.90 Å². The Morgan fingerprint density at radius 3 is 2.59 bits per heavy atom. The van der Waals surface area contributed by atoms with Gasteiger partial charge in [-0.25, -0.2) is 0 Å². The molecule has 0 fully saturated rings. The second kappa shape index (κ2) is 5.37. The van der Waals surface area contributed by atoms with E-state index in [1.807, 2.05) is 14.0 Å². The lowest BCUT2D eigenvalue weighted by atomic mass is 10.1. The van der Waals surface area contributed by atoms with E-state index in [4.69, 9.17) is 0 Å². The van der Waals surface area contributed by atoms with Gasteiger partial charge in [-0.1, -0.05) is 26.0 Å². The molecule has 0 aliphatic carbocycles. The van der Waals surface area contributed by atoms with Crippen LogP contribution in [0.1, 0.15) is 25.0 Å². The van der Waals surface area contributed by atoms with Crippen LogP contribution in [0.15, 0.2) is 35.1 Å². The first-order valence-electron chi connectivity index (χ1n) is 7.59. The number of hydrogen-bond acceptors (Lipinski definition) is 2. The molecule has 2 N–H and O–H groups in total. The minimum atomic E-state index is -0.288. The number of aromatic nitrogens is 2. The van der Waals surface area contributed by atoms with Gasteiger partial charge in [0.1, 0.15) is 5.75 Å². The minimum Gasteiger partial charge on any atom is -0.507 e. The largest absolute Gasteiger partial charge is 0.507 e. The highest BCUT2D eigenvalue weighted by molar-refractivity contribution is 5.87. The minimum absolute atomic E-state index is 0.0563. The molecule has 4 nitrogen and oxygen atoms in total. The molecule has 3 aromatic rings. The number of fused-ring (bicyclic) bond motifs is 1. The number of hydrogen-bond donors (Lipinski definition) is 2. The van der Waals surface area contributed by atoms with E-state index >= 15 is 0 Å². The molecule has 0 saturated heterocycles. The van der Waals surface area contributed by atoms with E-state index < -0.39 is 0 Å². The molecule has 2 heterocycles. The van der Waals surface area contributed by atoms with Gasteiger partial charge in [0.2, 0.25) is 0 Å². The number of pyridine rings is 1. The Kier molecular flexibility index (Phi) is 3.53. The number of aryl methyl sites for hydroxylation is 2. The van der Waals surface area contributed by atoms with E-state index in [1.165, 1.54) is 11.6 Å². The van der Waals surface area contributed by atoms with E-state index in [0.29, 0.717) is 12.1 Å². The molecule has 4 heteroatoms. The van der Waals surface area contributed by atoms with Crippen LogP contribution in [-0.2, 0) is 19.9 Å². The summed E-state index contributed by atoms with van der Waals surface area (Å²) in [5, 5.41) is 11.2. The second-order valence-corrected chi connectivity index (χ2v) is 5.56. The molecule has 0 spiro atoms. The fourth-order valence-corrected chi connectivity index (χ4v) is 2.99. The zero-order valence-electron chi connectivity index (χ0n) is 13.1. The predicted molar refractivity (Wildman–Crippen MR) is 89.4 cm³/mol. The number of benzene rings is 1. The number of nitrogens with one attached hydrogen (secondary N) is 1. The Morgan fingerprint density at radius 1 is 1.14 bits per heavy atom. The van der Waals surface area contributed by atoms with Gasteiger partial charge in [-0.3, -0.25) is 4.79 Å². The molecule has 0 aliphatic rings. The Hall–Kier alpha value is -2.49. The SMILES string of the molecule is CCc1ccc2cc(-c3[nH]c(=O)cc(O)c3CC)n(C)c2c1. The van der Waals surface area contributed by atoms with Gasteiger partial charge in [0.05, 0.1) is 11.4 Å². The van der Waals surface area contributed by atoms with Crippen LogP contribution in [0.5, 0.6) is 5.75 Å². The third-order valence-electron chi connectivity index (χ3n) is 4.25. The van der Waals surface area contributed by atoms with Gasteiger partial charge in [-0.05, 0) is 30.5 Å². The molecule has 0 saturated carbocycles. The van der Waals surface area contributed by atoms with E-state index in [0.717, 1.165) is 28.6 Å². The van der Waals surface area contributed by atoms with Crippen LogP contribution in [-0.4, -0.2) is 14.7 Å². The van der Waals surface area contributed by atoms with E-state index in [1.54, 1.807) is 0 Å². The number of nitrogens with zero attached hydrogens (tertiary/aromatic N) is 1. The topological polar surface area (TPSA) is 58.0 Å². The molecule has 0 atom stereocenters. The van der Waals surface area contributed by atoms with Crippen molar-refractivity contribution in [1.82, 2.24) is 9.55 Å². The molecular formula is C18H20N2O2. The molecule has 2 aromatic heterocycles. The third kappa shape index (κ3) is 2.21. The van der Waals surface area contributed by atoms with Crippen molar-refractivity contribution in [3.05, 3.63) is 51.8 Å². The average molecular weight is 296 g/mol. The van der Waals surface area contributed by atoms with Crippen molar-refractivity contribution in [2.75, 3.05) is 0 Å². The van der Waals surface area contributed by atoms with Gasteiger partial charge in [0, 0.05) is 29.6 Å². The zero-order chi connectivity index (χ0) is 15.9. The van der Waals surface area contributed by atoms with Crippen LogP contribution < -0.4 is 5.56 Å². The highest BCUT2D eigenvalue weighted by Gasteiger charge is 2.15. The molecule has 0 unspecified atom stereocenters. The maximum Gasteiger partial charge on any atom is 0.252 e. The van der Waals surface area contributed by atoms with Gasteiger partial charge in [-0.15, -0.1) is 0 Å². The maximum absolute atomic E-state index is 11.8. The van der Waals surface area contributed by atoms with Gasteiger partial charge < -0.3 is 14.7 Å². The molecule has 0 radical (unpaired) electrons. The summed E-state index contributed by atoms with van der Waals surface area (Å²) in [7, 11) is 1.99. The third-order valence-corrected chi connectivity index (χ3v) is 4.25. The standard InChI is InChI=1S/C18H20N2O2/c1-4-11-6-7-12-9-15(20(3)14(12)8-11)18-13(5-2)16(21)10-17(22)19-18/h6-10H,4-5H2,1-3H3,(H2,19,21,22). The first-order valence-corrected chi connectivity index (χ1v) is 7.59. The van der Waals surface area contributed by atoms with Crippen molar-refractivity contribution in [1.29, 1.82) is 0 Å². The molecular weight excluding hydrogens is 276 g/mol. The molecule has 3 rings (SSSR count). The van der Waals surface area contributed by atoms with Gasteiger partial charge in [-0.2, -0.15) is 0 Å². The highest BCUT2D eigenvalue weighted by Crippen LogP contribution is 2.31. The monoisotopic (exact) mass is 296 g/mol. The van der Waals surface area contributed by atoms with Gasteiger partial charge in [0.25, 0.3) is 5.56 Å². The van der Waals surface area contributed by atoms with Crippen LogP contribution >= 0.6 is 0 Å². The van der Waals surface area contributed by atoms with Crippen molar-refractivity contribution in [2.45, 2.75) is 26.7 Å². The molecule has 22 heavy (non-hydrogen) atoms. The molecule has 1 aromatic carbocycles. The Balaban J connectivity index is 2.31. The molecule has 0 bridgehead atoms. The molecule has 114 valence electrons. The molecule has 0 aliphatic heterocycles. The summed E-state index contributed by atoms with van der Waals surface area (Å²) in [5.74, 6) is 0.0563. The summed E-state index contributed by atoms with van der Waals surface area (Å²) in [5.41, 5.74) is 4.49. The number of rotatable bonds is 3. The fraction of sp³-hybridized carbons (Fsp3) is 0.278. The average Bonchev–Trinajstić information content (AvgIpc) is 2.83. The summed E-state index contributed by atoms with van der Waals surface area (Å²) in [6.07, 6.45) is 1.64. The fourth-order valence-electron chi connectivity index (χ4n) is 2.99. The Bertz CT molecular complexity index is 903. The predicted octanol–water partition coefficient (Wildman–Crippen LogP) is 3.36. The first-order chi connectivity index (χ1) is 10.5. The Morgan fingerprint density at radius 2 is 1.91 bits per heavy atom. The van der Waals surface area contributed by atoms with Crippen LogP contribution in [0.4, 0.5) is 0 Å². The lowest BCUT2D eigenvalue weighted by molar-refractivity contribution is 0.467. The van der Waals surface area contributed by atoms with Crippen LogP contribution in [0.2, 0.25) is 0 Å². The summed E-state index contributed by atoms with van der Waals surface area (Å²) in [4.78, 5) is 14.6. The maximum atomic E-state index is 11.8. The molecule has 0 amide bonds. The summed E-state index contributed by atoms with van der Waals surface area (Å²) in [6, 6.07) is 9.69. The van der Waals surface area contributed by atoms with E-state index in [-0.39, 0.29) is 11.3 Å². The Labute approximate surface area is 129 Å². The lowest BCUT2D eigenvalue weighted by Crippen LogP contribution is -2.09. The number of aromatic amines is 1. The summed E-state index contributed by atoms with van der Waals surface area (Å²) in [6.45, 7) is 4.10. The number of aromatic hydroxyl groups is 1.